The van der Waals surface area contributed by atoms with Crippen LogP contribution in [0.3, 0.4) is 0 Å². The smallest absolute Gasteiger partial charge is 0.338 e. The van der Waals surface area contributed by atoms with E-state index in [1.807, 2.05) is 0 Å². The lowest BCUT2D eigenvalue weighted by atomic mass is 10.1. The second-order valence-corrected chi connectivity index (χ2v) is 5.28. The van der Waals surface area contributed by atoms with E-state index in [4.69, 9.17) is 0 Å². The van der Waals surface area contributed by atoms with Gasteiger partial charge in [0, 0.05) is 6.20 Å². The molecule has 0 unspecified atom stereocenters. The first-order chi connectivity index (χ1) is 12.8. The molecule has 0 aliphatic heterocycles. The highest BCUT2D eigenvalue weighted by atomic mass is 19.4. The lowest BCUT2D eigenvalue weighted by Crippen LogP contribution is -2.10. The molecule has 2 N–H and O–H groups in total. The van der Waals surface area contributed by atoms with Gasteiger partial charge in [-0.15, -0.1) is 0 Å². The van der Waals surface area contributed by atoms with Crippen LogP contribution in [-0.2, 0) is 6.18 Å². The summed E-state index contributed by atoms with van der Waals surface area (Å²) in [7, 11) is 0. The molecule has 0 bridgehead atoms. The van der Waals surface area contributed by atoms with Gasteiger partial charge in [0.25, 0.3) is 0 Å². The zero-order chi connectivity index (χ0) is 19.6. The van der Waals surface area contributed by atoms with E-state index in [1.54, 1.807) is 0 Å². The topological polar surface area (TPSA) is 49.8 Å². The minimum Gasteiger partial charge on any atom is -0.338 e. The van der Waals surface area contributed by atoms with Crippen LogP contribution >= 0.6 is 0 Å². The molecule has 1 heterocycles. The zero-order valence-electron chi connectivity index (χ0n) is 13.3. The first kappa shape index (κ1) is 18.5. The number of benzene rings is 2. The number of anilines is 4. The SMILES string of the molecule is Fc1ccc(Nc2ccnc(Nc3ccccc3C(F)(F)F)n2)c(F)c1F. The van der Waals surface area contributed by atoms with Gasteiger partial charge < -0.3 is 10.6 Å². The number of hydrogen-bond donors (Lipinski definition) is 2. The number of nitrogens with zero attached hydrogens (tertiary/aromatic N) is 2. The maximum absolute atomic E-state index is 13.7. The van der Waals surface area contributed by atoms with Crippen LogP contribution in [0.4, 0.5) is 49.5 Å². The van der Waals surface area contributed by atoms with Gasteiger partial charge in [0.05, 0.1) is 16.9 Å². The Kier molecular flexibility index (Phi) is 4.89. The number of hydrogen-bond acceptors (Lipinski definition) is 4. The summed E-state index contributed by atoms with van der Waals surface area (Å²) in [6.07, 6.45) is -3.39. The van der Waals surface area contributed by atoms with Crippen molar-refractivity contribution < 1.29 is 26.3 Å². The summed E-state index contributed by atoms with van der Waals surface area (Å²) in [4.78, 5) is 7.69. The highest BCUT2D eigenvalue weighted by Crippen LogP contribution is 2.35. The molecule has 0 saturated heterocycles. The minimum absolute atomic E-state index is 0.0399. The monoisotopic (exact) mass is 384 g/mol. The maximum atomic E-state index is 13.7. The summed E-state index contributed by atoms with van der Waals surface area (Å²) in [5, 5.41) is 4.85. The number of para-hydroxylation sites is 1. The lowest BCUT2D eigenvalue weighted by molar-refractivity contribution is -0.136. The first-order valence-corrected chi connectivity index (χ1v) is 7.42. The van der Waals surface area contributed by atoms with Gasteiger partial charge in [-0.3, -0.25) is 0 Å². The fraction of sp³-hybridized carbons (Fsp3) is 0.0588. The second kappa shape index (κ2) is 7.14. The molecule has 140 valence electrons. The first-order valence-electron chi connectivity index (χ1n) is 7.42. The molecule has 4 nitrogen and oxygen atoms in total. The molecule has 0 spiro atoms. The van der Waals surface area contributed by atoms with E-state index in [0.717, 1.165) is 18.2 Å². The molecular formula is C17H10F6N4. The molecule has 0 aliphatic carbocycles. The normalized spacial score (nSPS) is 11.3. The van der Waals surface area contributed by atoms with Gasteiger partial charge in [-0.1, -0.05) is 12.1 Å². The molecule has 3 aromatic rings. The number of nitrogens with one attached hydrogen (secondary N) is 2. The molecule has 10 heteroatoms. The Balaban J connectivity index is 1.87. The van der Waals surface area contributed by atoms with Gasteiger partial charge >= 0.3 is 6.18 Å². The largest absolute Gasteiger partial charge is 0.418 e. The third-order valence-electron chi connectivity index (χ3n) is 3.43. The van der Waals surface area contributed by atoms with E-state index in [1.165, 1.54) is 30.5 Å². The minimum atomic E-state index is -4.59. The number of aromatic nitrogens is 2. The van der Waals surface area contributed by atoms with Crippen molar-refractivity contribution in [3.63, 3.8) is 0 Å². The van der Waals surface area contributed by atoms with Gasteiger partial charge in [-0.25, -0.2) is 18.2 Å². The summed E-state index contributed by atoms with van der Waals surface area (Å²) >= 11 is 0. The fourth-order valence-electron chi connectivity index (χ4n) is 2.21. The van der Waals surface area contributed by atoms with Crippen molar-refractivity contribution in [3.05, 3.63) is 71.7 Å². The van der Waals surface area contributed by atoms with Gasteiger partial charge in [0.15, 0.2) is 17.5 Å². The number of halogens is 6. The Morgan fingerprint density at radius 1 is 0.778 bits per heavy atom. The highest BCUT2D eigenvalue weighted by Gasteiger charge is 2.33. The summed E-state index contributed by atoms with van der Waals surface area (Å²) in [5.74, 6) is -4.72. The molecule has 3 rings (SSSR count). The van der Waals surface area contributed by atoms with Crippen molar-refractivity contribution in [1.82, 2.24) is 9.97 Å². The quantitative estimate of drug-likeness (QED) is 0.467. The predicted octanol–water partition coefficient (Wildman–Crippen LogP) is 5.40. The highest BCUT2D eigenvalue weighted by molar-refractivity contribution is 5.62. The van der Waals surface area contributed by atoms with Crippen LogP contribution in [0.5, 0.6) is 0 Å². The molecular weight excluding hydrogens is 374 g/mol. The van der Waals surface area contributed by atoms with Crippen molar-refractivity contribution >= 4 is 23.1 Å². The summed E-state index contributed by atoms with van der Waals surface area (Å²) in [6.45, 7) is 0. The van der Waals surface area contributed by atoms with E-state index in [0.29, 0.717) is 0 Å². The van der Waals surface area contributed by atoms with Crippen LogP contribution in [-0.4, -0.2) is 9.97 Å². The second-order valence-electron chi connectivity index (χ2n) is 5.28. The molecule has 27 heavy (non-hydrogen) atoms. The van der Waals surface area contributed by atoms with E-state index in [9.17, 15) is 26.3 Å². The van der Waals surface area contributed by atoms with Gasteiger partial charge in [0.1, 0.15) is 5.82 Å². The Morgan fingerprint density at radius 3 is 2.26 bits per heavy atom. The Morgan fingerprint density at radius 2 is 1.52 bits per heavy atom. The molecule has 0 aliphatic rings. The lowest BCUT2D eigenvalue weighted by Gasteiger charge is -2.14. The molecule has 0 fully saturated rings. The Bertz CT molecular complexity index is 974. The standard InChI is InChI=1S/C17H10F6N4/c18-10-5-6-12(15(20)14(10)19)25-13-7-8-24-16(27-13)26-11-4-2-1-3-9(11)17(21,22)23/h1-8H,(H2,24,25,26,27). The number of rotatable bonds is 4. The molecule has 0 saturated carbocycles. The van der Waals surface area contributed by atoms with E-state index < -0.39 is 34.9 Å². The van der Waals surface area contributed by atoms with E-state index >= 15 is 0 Å². The van der Waals surface area contributed by atoms with Gasteiger partial charge in [-0.05, 0) is 30.3 Å². The van der Waals surface area contributed by atoms with Crippen LogP contribution in [0.15, 0.2) is 48.7 Å². The fourth-order valence-corrected chi connectivity index (χ4v) is 2.21. The van der Waals surface area contributed by atoms with Crippen LogP contribution in [0.2, 0.25) is 0 Å². The van der Waals surface area contributed by atoms with Crippen LogP contribution in [0.1, 0.15) is 5.56 Å². The molecule has 2 aromatic carbocycles. The molecule has 0 radical (unpaired) electrons. The molecule has 1 aromatic heterocycles. The summed E-state index contributed by atoms with van der Waals surface area (Å²) in [5.41, 5.74) is -1.59. The Hall–Kier alpha value is -3.30. The molecule has 0 atom stereocenters. The van der Waals surface area contributed by atoms with Crippen LogP contribution in [0.25, 0.3) is 0 Å². The third kappa shape index (κ3) is 4.10. The van der Waals surface area contributed by atoms with E-state index in [2.05, 4.69) is 20.6 Å². The summed E-state index contributed by atoms with van der Waals surface area (Å²) < 4.78 is 79.1. The average Bonchev–Trinajstić information content (AvgIpc) is 2.62. The van der Waals surface area contributed by atoms with Crippen molar-refractivity contribution in [3.8, 4) is 0 Å². The van der Waals surface area contributed by atoms with E-state index in [-0.39, 0.29) is 17.5 Å². The van der Waals surface area contributed by atoms with Crippen molar-refractivity contribution in [2.75, 3.05) is 10.6 Å². The molecule has 0 amide bonds. The zero-order valence-corrected chi connectivity index (χ0v) is 13.3. The van der Waals surface area contributed by atoms with Crippen molar-refractivity contribution in [2.45, 2.75) is 6.18 Å². The number of alkyl halides is 3. The maximum Gasteiger partial charge on any atom is 0.418 e. The summed E-state index contributed by atoms with van der Waals surface area (Å²) in [6, 6.07) is 7.68. The predicted molar refractivity (Wildman–Crippen MR) is 86.4 cm³/mol. The average molecular weight is 384 g/mol. The van der Waals surface area contributed by atoms with Gasteiger partial charge in [0.2, 0.25) is 5.95 Å². The van der Waals surface area contributed by atoms with Gasteiger partial charge in [-0.2, -0.15) is 18.2 Å². The van der Waals surface area contributed by atoms with Crippen LogP contribution < -0.4 is 10.6 Å². The Labute approximate surface area is 148 Å². The van der Waals surface area contributed by atoms with Crippen molar-refractivity contribution in [2.24, 2.45) is 0 Å². The van der Waals surface area contributed by atoms with Crippen LogP contribution in [0, 0.1) is 17.5 Å². The van der Waals surface area contributed by atoms with Crippen molar-refractivity contribution in [1.29, 1.82) is 0 Å². The third-order valence-corrected chi connectivity index (χ3v) is 3.43.